The van der Waals surface area contributed by atoms with Crippen LogP contribution in [-0.2, 0) is 9.53 Å². The molecule has 88 valence electrons. The van der Waals surface area contributed by atoms with Crippen LogP contribution >= 0.6 is 0 Å². The number of hydrogen-bond acceptors (Lipinski definition) is 4. The van der Waals surface area contributed by atoms with E-state index in [2.05, 4.69) is 10.2 Å². The van der Waals surface area contributed by atoms with Gasteiger partial charge in [-0.2, -0.15) is 0 Å². The molecule has 0 bridgehead atoms. The van der Waals surface area contributed by atoms with Gasteiger partial charge in [0.15, 0.2) is 0 Å². The fraction of sp³-hybridized carbons (Fsp3) is 0.909. The van der Waals surface area contributed by atoms with E-state index < -0.39 is 0 Å². The Balaban J connectivity index is 2.30. The number of nitrogens with zero attached hydrogens (tertiary/aromatic N) is 1. The lowest BCUT2D eigenvalue weighted by Crippen LogP contribution is -2.36. The molecule has 0 aromatic rings. The summed E-state index contributed by atoms with van der Waals surface area (Å²) in [5, 5.41) is 3.30. The molecule has 1 aliphatic heterocycles. The van der Waals surface area contributed by atoms with E-state index in [0.717, 1.165) is 32.6 Å². The molecule has 0 spiro atoms. The molecular formula is C11H22N2O2. The molecule has 0 aromatic heterocycles. The number of rotatable bonds is 2. The van der Waals surface area contributed by atoms with Crippen molar-refractivity contribution >= 4 is 5.97 Å². The Labute approximate surface area is 92.0 Å². The summed E-state index contributed by atoms with van der Waals surface area (Å²) in [7, 11) is 0. The number of carbonyl (C=O) groups excluding carboxylic acids is 1. The van der Waals surface area contributed by atoms with E-state index in [1.54, 1.807) is 0 Å². The topological polar surface area (TPSA) is 41.6 Å². The van der Waals surface area contributed by atoms with E-state index in [4.69, 9.17) is 4.74 Å². The normalized spacial score (nSPS) is 19.7. The Morgan fingerprint density at radius 3 is 2.73 bits per heavy atom. The zero-order valence-electron chi connectivity index (χ0n) is 10.0. The molecule has 0 atom stereocenters. The third-order valence-corrected chi connectivity index (χ3v) is 2.21. The van der Waals surface area contributed by atoms with Gasteiger partial charge in [-0.05, 0) is 40.3 Å². The molecule has 0 aliphatic carbocycles. The van der Waals surface area contributed by atoms with Gasteiger partial charge in [0.25, 0.3) is 0 Å². The van der Waals surface area contributed by atoms with Crippen molar-refractivity contribution in [3.8, 4) is 0 Å². The molecule has 0 saturated carbocycles. The van der Waals surface area contributed by atoms with Gasteiger partial charge in [-0.25, -0.2) is 0 Å². The van der Waals surface area contributed by atoms with Crippen molar-refractivity contribution in [2.45, 2.75) is 32.8 Å². The molecule has 0 aromatic carbocycles. The Bertz CT molecular complexity index is 203. The summed E-state index contributed by atoms with van der Waals surface area (Å²) in [5.41, 5.74) is -0.374. The van der Waals surface area contributed by atoms with Crippen molar-refractivity contribution in [2.24, 2.45) is 0 Å². The lowest BCUT2D eigenvalue weighted by molar-refractivity contribution is -0.156. The van der Waals surface area contributed by atoms with Gasteiger partial charge in [0, 0.05) is 13.1 Å². The van der Waals surface area contributed by atoms with E-state index in [-0.39, 0.29) is 11.6 Å². The molecular weight excluding hydrogens is 192 g/mol. The van der Waals surface area contributed by atoms with Crippen LogP contribution in [0.4, 0.5) is 0 Å². The average Bonchev–Trinajstić information content (AvgIpc) is 2.28. The monoisotopic (exact) mass is 214 g/mol. The SMILES string of the molecule is CC(C)(C)OC(=O)CN1CCCNCC1. The van der Waals surface area contributed by atoms with Crippen LogP contribution in [-0.4, -0.2) is 49.2 Å². The van der Waals surface area contributed by atoms with Gasteiger partial charge in [-0.15, -0.1) is 0 Å². The van der Waals surface area contributed by atoms with E-state index in [1.807, 2.05) is 20.8 Å². The van der Waals surface area contributed by atoms with Crippen molar-refractivity contribution in [1.82, 2.24) is 10.2 Å². The predicted octanol–water partition coefficient (Wildman–Crippen LogP) is 0.623. The maximum absolute atomic E-state index is 11.6. The zero-order chi connectivity index (χ0) is 11.3. The average molecular weight is 214 g/mol. The molecule has 0 unspecified atom stereocenters. The maximum Gasteiger partial charge on any atom is 0.320 e. The Kier molecular flexibility index (Phi) is 4.54. The highest BCUT2D eigenvalue weighted by atomic mass is 16.6. The fourth-order valence-corrected chi connectivity index (χ4v) is 1.62. The molecule has 4 heteroatoms. The third-order valence-electron chi connectivity index (χ3n) is 2.21. The third kappa shape index (κ3) is 5.74. The highest BCUT2D eigenvalue weighted by Crippen LogP contribution is 2.07. The minimum absolute atomic E-state index is 0.121. The van der Waals surface area contributed by atoms with E-state index in [0.29, 0.717) is 6.54 Å². The molecule has 1 N–H and O–H groups in total. The van der Waals surface area contributed by atoms with Crippen LogP contribution in [0.3, 0.4) is 0 Å². The van der Waals surface area contributed by atoms with Gasteiger partial charge < -0.3 is 10.1 Å². The van der Waals surface area contributed by atoms with Crippen LogP contribution in [0.15, 0.2) is 0 Å². The molecule has 15 heavy (non-hydrogen) atoms. The standard InChI is InChI=1S/C11H22N2O2/c1-11(2,3)15-10(14)9-13-7-4-5-12-6-8-13/h12H,4-9H2,1-3H3. The first-order valence-electron chi connectivity index (χ1n) is 5.62. The number of nitrogens with one attached hydrogen (secondary N) is 1. The highest BCUT2D eigenvalue weighted by Gasteiger charge is 2.19. The second kappa shape index (κ2) is 5.47. The molecule has 0 amide bonds. The summed E-state index contributed by atoms with van der Waals surface area (Å²) >= 11 is 0. The second-order valence-electron chi connectivity index (χ2n) is 4.97. The highest BCUT2D eigenvalue weighted by molar-refractivity contribution is 5.72. The second-order valence-corrected chi connectivity index (χ2v) is 4.97. The molecule has 1 aliphatic rings. The Morgan fingerprint density at radius 2 is 2.07 bits per heavy atom. The molecule has 1 fully saturated rings. The summed E-state index contributed by atoms with van der Waals surface area (Å²) in [6.07, 6.45) is 1.10. The van der Waals surface area contributed by atoms with Crippen molar-refractivity contribution < 1.29 is 9.53 Å². The smallest absolute Gasteiger partial charge is 0.320 e. The number of ether oxygens (including phenoxy) is 1. The fourth-order valence-electron chi connectivity index (χ4n) is 1.62. The molecule has 4 nitrogen and oxygen atoms in total. The summed E-state index contributed by atoms with van der Waals surface area (Å²) in [5.74, 6) is -0.121. The van der Waals surface area contributed by atoms with E-state index in [1.165, 1.54) is 0 Å². The quantitative estimate of drug-likeness (QED) is 0.684. The minimum atomic E-state index is -0.374. The Hall–Kier alpha value is -0.610. The van der Waals surface area contributed by atoms with Crippen LogP contribution < -0.4 is 5.32 Å². The lowest BCUT2D eigenvalue weighted by atomic mass is 10.2. The molecule has 1 rings (SSSR count). The van der Waals surface area contributed by atoms with Gasteiger partial charge in [0.1, 0.15) is 5.60 Å². The van der Waals surface area contributed by atoms with Crippen LogP contribution in [0.2, 0.25) is 0 Å². The van der Waals surface area contributed by atoms with Crippen LogP contribution in [0.5, 0.6) is 0 Å². The minimum Gasteiger partial charge on any atom is -0.459 e. The van der Waals surface area contributed by atoms with Crippen LogP contribution in [0.25, 0.3) is 0 Å². The first-order chi connectivity index (χ1) is 6.97. The summed E-state index contributed by atoms with van der Waals surface area (Å²) < 4.78 is 5.28. The Morgan fingerprint density at radius 1 is 1.33 bits per heavy atom. The predicted molar refractivity (Wildman–Crippen MR) is 59.8 cm³/mol. The van der Waals surface area contributed by atoms with Gasteiger partial charge >= 0.3 is 5.97 Å². The van der Waals surface area contributed by atoms with Gasteiger partial charge in [0.2, 0.25) is 0 Å². The molecule has 0 radical (unpaired) electrons. The van der Waals surface area contributed by atoms with Crippen molar-refractivity contribution in [3.63, 3.8) is 0 Å². The maximum atomic E-state index is 11.6. The first kappa shape index (κ1) is 12.5. The van der Waals surface area contributed by atoms with Crippen LogP contribution in [0.1, 0.15) is 27.2 Å². The van der Waals surface area contributed by atoms with E-state index >= 15 is 0 Å². The van der Waals surface area contributed by atoms with E-state index in [9.17, 15) is 4.79 Å². The van der Waals surface area contributed by atoms with Crippen molar-refractivity contribution in [2.75, 3.05) is 32.7 Å². The van der Waals surface area contributed by atoms with Gasteiger partial charge in [0.05, 0.1) is 6.54 Å². The summed E-state index contributed by atoms with van der Waals surface area (Å²) in [6.45, 7) is 10.0. The lowest BCUT2D eigenvalue weighted by Gasteiger charge is -2.23. The van der Waals surface area contributed by atoms with Gasteiger partial charge in [-0.3, -0.25) is 9.69 Å². The molecule has 1 heterocycles. The number of carbonyl (C=O) groups is 1. The van der Waals surface area contributed by atoms with Crippen LogP contribution in [0, 0.1) is 0 Å². The number of hydrogen-bond donors (Lipinski definition) is 1. The zero-order valence-corrected chi connectivity index (χ0v) is 10.0. The molecule has 1 saturated heterocycles. The summed E-state index contributed by atoms with van der Waals surface area (Å²) in [4.78, 5) is 13.7. The largest absolute Gasteiger partial charge is 0.459 e. The van der Waals surface area contributed by atoms with Gasteiger partial charge in [-0.1, -0.05) is 0 Å². The first-order valence-corrected chi connectivity index (χ1v) is 5.62. The van der Waals surface area contributed by atoms with Crippen molar-refractivity contribution in [3.05, 3.63) is 0 Å². The van der Waals surface area contributed by atoms with Crippen molar-refractivity contribution in [1.29, 1.82) is 0 Å². The number of esters is 1. The summed E-state index contributed by atoms with van der Waals surface area (Å²) in [6, 6.07) is 0.